The van der Waals surface area contributed by atoms with Crippen molar-refractivity contribution in [2.45, 2.75) is 38.4 Å². The van der Waals surface area contributed by atoms with E-state index in [0.29, 0.717) is 19.2 Å². The summed E-state index contributed by atoms with van der Waals surface area (Å²) in [5, 5.41) is 3.38. The Morgan fingerprint density at radius 3 is 2.84 bits per heavy atom. The standard InChI is InChI=1S/C15H23FN2O/c1-11(10-19-3)18(2)15-6-4-5-14(16)13(15)9-17-12-7-8-12/h4-6,11-12,17H,7-10H2,1-3H3. The van der Waals surface area contributed by atoms with Crippen molar-refractivity contribution < 1.29 is 9.13 Å². The summed E-state index contributed by atoms with van der Waals surface area (Å²) in [6.07, 6.45) is 2.42. The van der Waals surface area contributed by atoms with E-state index < -0.39 is 0 Å². The van der Waals surface area contributed by atoms with Gasteiger partial charge in [-0.2, -0.15) is 0 Å². The fourth-order valence-electron chi connectivity index (χ4n) is 2.18. The minimum Gasteiger partial charge on any atom is -0.383 e. The summed E-state index contributed by atoms with van der Waals surface area (Å²) in [5.41, 5.74) is 1.69. The molecule has 0 amide bonds. The number of anilines is 1. The van der Waals surface area contributed by atoms with Gasteiger partial charge in [0.15, 0.2) is 0 Å². The molecule has 0 heterocycles. The summed E-state index contributed by atoms with van der Waals surface area (Å²) in [6.45, 7) is 3.30. The number of rotatable bonds is 7. The zero-order valence-electron chi connectivity index (χ0n) is 11.9. The van der Waals surface area contributed by atoms with Crippen molar-refractivity contribution in [1.82, 2.24) is 5.32 Å². The largest absolute Gasteiger partial charge is 0.383 e. The molecule has 4 heteroatoms. The molecule has 0 bridgehead atoms. The van der Waals surface area contributed by atoms with Crippen molar-refractivity contribution in [3.05, 3.63) is 29.6 Å². The molecule has 0 saturated heterocycles. The lowest BCUT2D eigenvalue weighted by molar-refractivity contribution is 0.183. The molecular weight excluding hydrogens is 243 g/mol. The summed E-state index contributed by atoms with van der Waals surface area (Å²) >= 11 is 0. The maximum absolute atomic E-state index is 14.0. The van der Waals surface area contributed by atoms with Crippen LogP contribution in [0, 0.1) is 5.82 Å². The van der Waals surface area contributed by atoms with Gasteiger partial charge in [-0.15, -0.1) is 0 Å². The van der Waals surface area contributed by atoms with E-state index in [-0.39, 0.29) is 11.9 Å². The Labute approximate surface area is 114 Å². The van der Waals surface area contributed by atoms with Crippen LogP contribution in [-0.2, 0) is 11.3 Å². The Kier molecular flexibility index (Phi) is 4.77. The van der Waals surface area contributed by atoms with Crippen molar-refractivity contribution in [2.75, 3.05) is 25.7 Å². The minimum absolute atomic E-state index is 0.137. The molecular formula is C15H23FN2O. The van der Waals surface area contributed by atoms with Gasteiger partial charge in [-0.05, 0) is 31.9 Å². The second-order valence-electron chi connectivity index (χ2n) is 5.31. The molecule has 2 rings (SSSR count). The van der Waals surface area contributed by atoms with Crippen LogP contribution in [0.1, 0.15) is 25.3 Å². The monoisotopic (exact) mass is 266 g/mol. The fourth-order valence-corrected chi connectivity index (χ4v) is 2.18. The zero-order valence-corrected chi connectivity index (χ0v) is 11.9. The SMILES string of the molecule is COCC(C)N(C)c1cccc(F)c1CNC1CC1. The lowest BCUT2D eigenvalue weighted by Crippen LogP contribution is -2.34. The first-order valence-corrected chi connectivity index (χ1v) is 6.86. The maximum Gasteiger partial charge on any atom is 0.129 e. The van der Waals surface area contributed by atoms with E-state index in [2.05, 4.69) is 17.1 Å². The van der Waals surface area contributed by atoms with Crippen LogP contribution >= 0.6 is 0 Å². The number of hydrogen-bond acceptors (Lipinski definition) is 3. The number of halogens is 1. The molecule has 0 radical (unpaired) electrons. The average molecular weight is 266 g/mol. The van der Waals surface area contributed by atoms with E-state index in [1.165, 1.54) is 18.9 Å². The molecule has 19 heavy (non-hydrogen) atoms. The van der Waals surface area contributed by atoms with E-state index in [4.69, 9.17) is 4.74 Å². The van der Waals surface area contributed by atoms with Gasteiger partial charge in [-0.1, -0.05) is 6.07 Å². The Bertz CT molecular complexity index is 421. The Morgan fingerprint density at radius 1 is 1.47 bits per heavy atom. The van der Waals surface area contributed by atoms with Gasteiger partial charge >= 0.3 is 0 Å². The van der Waals surface area contributed by atoms with Crippen LogP contribution in [0.3, 0.4) is 0 Å². The van der Waals surface area contributed by atoms with Crippen molar-refractivity contribution in [2.24, 2.45) is 0 Å². The maximum atomic E-state index is 14.0. The molecule has 0 aliphatic heterocycles. The van der Waals surface area contributed by atoms with Gasteiger partial charge in [0.05, 0.1) is 6.61 Å². The second kappa shape index (κ2) is 6.35. The summed E-state index contributed by atoms with van der Waals surface area (Å²) in [6, 6.07) is 6.06. The number of methoxy groups -OCH3 is 1. The molecule has 1 saturated carbocycles. The number of likely N-dealkylation sites (N-methyl/N-ethyl adjacent to an activating group) is 1. The summed E-state index contributed by atoms with van der Waals surface area (Å²) in [5.74, 6) is -0.137. The molecule has 1 N–H and O–H groups in total. The number of nitrogens with zero attached hydrogens (tertiary/aromatic N) is 1. The van der Waals surface area contributed by atoms with Crippen LogP contribution in [0.15, 0.2) is 18.2 Å². The number of benzene rings is 1. The molecule has 1 aliphatic rings. The van der Waals surface area contributed by atoms with Gasteiger partial charge in [0.2, 0.25) is 0 Å². The van der Waals surface area contributed by atoms with Crippen molar-refractivity contribution in [1.29, 1.82) is 0 Å². The Balaban J connectivity index is 2.14. The third-order valence-corrected chi connectivity index (χ3v) is 3.69. The highest BCUT2D eigenvalue weighted by Gasteiger charge is 2.22. The number of hydrogen-bond donors (Lipinski definition) is 1. The van der Waals surface area contributed by atoms with E-state index in [9.17, 15) is 4.39 Å². The number of ether oxygens (including phenoxy) is 1. The van der Waals surface area contributed by atoms with E-state index in [1.54, 1.807) is 13.2 Å². The normalized spacial score (nSPS) is 16.4. The van der Waals surface area contributed by atoms with Crippen molar-refractivity contribution >= 4 is 5.69 Å². The summed E-state index contributed by atoms with van der Waals surface area (Å²) < 4.78 is 19.2. The molecule has 1 unspecified atom stereocenters. The highest BCUT2D eigenvalue weighted by Crippen LogP contribution is 2.26. The molecule has 106 valence electrons. The topological polar surface area (TPSA) is 24.5 Å². The third kappa shape index (κ3) is 3.67. The quantitative estimate of drug-likeness (QED) is 0.821. The molecule has 0 spiro atoms. The second-order valence-corrected chi connectivity index (χ2v) is 5.31. The lowest BCUT2D eigenvalue weighted by Gasteiger charge is -2.29. The summed E-state index contributed by atoms with van der Waals surface area (Å²) in [4.78, 5) is 2.08. The fraction of sp³-hybridized carbons (Fsp3) is 0.600. The van der Waals surface area contributed by atoms with Gasteiger partial charge in [0.25, 0.3) is 0 Å². The van der Waals surface area contributed by atoms with Crippen molar-refractivity contribution in [3.8, 4) is 0 Å². The van der Waals surface area contributed by atoms with E-state index in [1.807, 2.05) is 13.1 Å². The van der Waals surface area contributed by atoms with Crippen LogP contribution < -0.4 is 10.2 Å². The third-order valence-electron chi connectivity index (χ3n) is 3.69. The minimum atomic E-state index is -0.137. The average Bonchev–Trinajstić information content (AvgIpc) is 3.20. The molecule has 1 aromatic carbocycles. The van der Waals surface area contributed by atoms with Crippen LogP contribution in [-0.4, -0.2) is 32.8 Å². The molecule has 1 aromatic rings. The highest BCUT2D eigenvalue weighted by molar-refractivity contribution is 5.54. The molecule has 1 aliphatic carbocycles. The first-order valence-electron chi connectivity index (χ1n) is 6.86. The molecule has 1 fully saturated rings. The molecule has 1 atom stereocenters. The zero-order chi connectivity index (χ0) is 13.8. The highest BCUT2D eigenvalue weighted by atomic mass is 19.1. The molecule has 0 aromatic heterocycles. The predicted molar refractivity (Wildman–Crippen MR) is 76.0 cm³/mol. The van der Waals surface area contributed by atoms with Gasteiger partial charge in [-0.25, -0.2) is 4.39 Å². The van der Waals surface area contributed by atoms with Crippen LogP contribution in [0.4, 0.5) is 10.1 Å². The van der Waals surface area contributed by atoms with E-state index >= 15 is 0 Å². The van der Waals surface area contributed by atoms with Crippen LogP contribution in [0.2, 0.25) is 0 Å². The number of nitrogens with one attached hydrogen (secondary N) is 1. The van der Waals surface area contributed by atoms with Gasteiger partial charge in [-0.3, -0.25) is 0 Å². The first kappa shape index (κ1) is 14.3. The first-order chi connectivity index (χ1) is 9.13. The lowest BCUT2D eigenvalue weighted by atomic mass is 10.1. The molecule has 3 nitrogen and oxygen atoms in total. The van der Waals surface area contributed by atoms with Crippen molar-refractivity contribution in [3.63, 3.8) is 0 Å². The van der Waals surface area contributed by atoms with Crippen LogP contribution in [0.25, 0.3) is 0 Å². The Morgan fingerprint density at radius 2 is 2.21 bits per heavy atom. The van der Waals surface area contributed by atoms with E-state index in [0.717, 1.165) is 11.3 Å². The van der Waals surface area contributed by atoms with Gasteiger partial charge in [0.1, 0.15) is 5.82 Å². The van der Waals surface area contributed by atoms with Gasteiger partial charge < -0.3 is 15.0 Å². The Hall–Kier alpha value is -1.13. The van der Waals surface area contributed by atoms with Gasteiger partial charge in [0, 0.05) is 44.0 Å². The van der Waals surface area contributed by atoms with Crippen LogP contribution in [0.5, 0.6) is 0 Å². The summed E-state index contributed by atoms with van der Waals surface area (Å²) in [7, 11) is 3.67. The smallest absolute Gasteiger partial charge is 0.129 e. The predicted octanol–water partition coefficient (Wildman–Crippen LogP) is 2.55.